The summed E-state index contributed by atoms with van der Waals surface area (Å²) in [5.41, 5.74) is 0.487. The highest BCUT2D eigenvalue weighted by Crippen LogP contribution is 2.39. The van der Waals surface area contributed by atoms with Gasteiger partial charge in [-0.3, -0.25) is 9.29 Å². The second-order valence-electron chi connectivity index (χ2n) is 8.71. The summed E-state index contributed by atoms with van der Waals surface area (Å²) in [6.45, 7) is 5.74. The number of nitrogens with one attached hydrogen (secondary N) is 1. The average molecular weight is 537 g/mol. The Morgan fingerprint density at radius 1 is 1.14 bits per heavy atom. The van der Waals surface area contributed by atoms with Crippen LogP contribution >= 0.6 is 11.6 Å². The predicted octanol–water partition coefficient (Wildman–Crippen LogP) is 3.55. The average Bonchev–Trinajstić information content (AvgIpc) is 3.48. The first-order valence-corrected chi connectivity index (χ1v) is 13.4. The number of ether oxygens (including phenoxy) is 3. The van der Waals surface area contributed by atoms with Crippen LogP contribution in [0.3, 0.4) is 0 Å². The molecule has 3 heterocycles. The lowest BCUT2D eigenvalue weighted by Gasteiger charge is -2.22. The standard InChI is InChI=1S/C23H29ClN6O5S/c1-13-9-16(12-35-13)22-27-28-23(30(22)20-18(33-4)7-6-8-19(20)34-5)29-36(31,32)15(3)14(2)21-25-10-17(24)11-26-21/h6-8,10-11,13-16H,9,12H2,1-5H3,(H,28,29)/t13-,14?,15?,16-/m1/s1. The van der Waals surface area contributed by atoms with Crippen LogP contribution in [0.2, 0.25) is 5.02 Å². The van der Waals surface area contributed by atoms with Gasteiger partial charge >= 0.3 is 0 Å². The second-order valence-corrected chi connectivity index (χ2v) is 11.2. The molecule has 2 unspecified atom stereocenters. The van der Waals surface area contributed by atoms with Crippen molar-refractivity contribution in [1.29, 1.82) is 0 Å². The van der Waals surface area contributed by atoms with Crippen molar-refractivity contribution in [2.24, 2.45) is 0 Å². The lowest BCUT2D eigenvalue weighted by atomic mass is 10.1. The fourth-order valence-corrected chi connectivity index (χ4v) is 5.48. The summed E-state index contributed by atoms with van der Waals surface area (Å²) < 4.78 is 48.2. The highest BCUT2D eigenvalue weighted by atomic mass is 35.5. The van der Waals surface area contributed by atoms with E-state index in [1.807, 2.05) is 6.92 Å². The molecule has 0 bridgehead atoms. The molecule has 0 amide bonds. The van der Waals surface area contributed by atoms with E-state index in [1.165, 1.54) is 26.6 Å². The molecule has 13 heteroatoms. The topological polar surface area (TPSA) is 130 Å². The van der Waals surface area contributed by atoms with Gasteiger partial charge in [0.05, 0.1) is 37.2 Å². The van der Waals surface area contributed by atoms with Crippen LogP contribution in [0.5, 0.6) is 11.5 Å². The van der Waals surface area contributed by atoms with Crippen molar-refractivity contribution in [1.82, 2.24) is 24.7 Å². The van der Waals surface area contributed by atoms with Crippen molar-refractivity contribution < 1.29 is 22.6 Å². The molecule has 1 aromatic carbocycles. The molecule has 1 N–H and O–H groups in total. The number of aromatic nitrogens is 5. The van der Waals surface area contributed by atoms with Gasteiger partial charge in [-0.1, -0.05) is 24.6 Å². The van der Waals surface area contributed by atoms with Crippen LogP contribution in [0.1, 0.15) is 50.7 Å². The molecule has 0 saturated carbocycles. The number of sulfonamides is 1. The fourth-order valence-electron chi connectivity index (χ4n) is 4.15. The first kappa shape index (κ1) is 26.1. The third-order valence-electron chi connectivity index (χ3n) is 6.35. The Morgan fingerprint density at radius 2 is 1.78 bits per heavy atom. The Balaban J connectivity index is 1.77. The van der Waals surface area contributed by atoms with E-state index >= 15 is 0 Å². The molecule has 3 aromatic rings. The maximum Gasteiger partial charge on any atom is 0.243 e. The highest BCUT2D eigenvalue weighted by Gasteiger charge is 2.35. The number of anilines is 1. The zero-order valence-corrected chi connectivity index (χ0v) is 22.2. The van der Waals surface area contributed by atoms with E-state index in [4.69, 9.17) is 25.8 Å². The quantitative estimate of drug-likeness (QED) is 0.436. The molecule has 1 saturated heterocycles. The summed E-state index contributed by atoms with van der Waals surface area (Å²) in [5.74, 6) is 1.24. The van der Waals surface area contributed by atoms with Gasteiger partial charge in [0.1, 0.15) is 28.8 Å². The van der Waals surface area contributed by atoms with E-state index in [9.17, 15) is 8.42 Å². The van der Waals surface area contributed by atoms with E-state index < -0.39 is 21.2 Å². The van der Waals surface area contributed by atoms with Crippen LogP contribution < -0.4 is 14.2 Å². The van der Waals surface area contributed by atoms with E-state index in [0.717, 1.165) is 0 Å². The smallest absolute Gasteiger partial charge is 0.243 e. The third-order valence-corrected chi connectivity index (χ3v) is 8.40. The fraction of sp³-hybridized carbons (Fsp3) is 0.478. The first-order chi connectivity index (χ1) is 17.2. The van der Waals surface area contributed by atoms with Crippen molar-refractivity contribution in [2.45, 2.75) is 50.4 Å². The molecule has 0 spiro atoms. The van der Waals surface area contributed by atoms with Gasteiger partial charge in [-0.2, -0.15) is 0 Å². The van der Waals surface area contributed by atoms with Gasteiger partial charge in [0.2, 0.25) is 16.0 Å². The highest BCUT2D eigenvalue weighted by molar-refractivity contribution is 7.93. The summed E-state index contributed by atoms with van der Waals surface area (Å²) in [7, 11) is -0.900. The van der Waals surface area contributed by atoms with Gasteiger partial charge in [-0.05, 0) is 32.4 Å². The zero-order chi connectivity index (χ0) is 26.0. The summed E-state index contributed by atoms with van der Waals surface area (Å²) >= 11 is 5.88. The van der Waals surface area contributed by atoms with Crippen molar-refractivity contribution in [3.05, 3.63) is 47.3 Å². The second kappa shape index (κ2) is 10.6. The minimum absolute atomic E-state index is 0.0171. The molecule has 194 valence electrons. The summed E-state index contributed by atoms with van der Waals surface area (Å²) in [5, 5.41) is 8.07. The van der Waals surface area contributed by atoms with E-state index in [1.54, 1.807) is 36.6 Å². The summed E-state index contributed by atoms with van der Waals surface area (Å²) in [6, 6.07) is 5.30. The van der Waals surface area contributed by atoms with Gasteiger partial charge in [-0.15, -0.1) is 10.2 Å². The van der Waals surface area contributed by atoms with Gasteiger partial charge in [0.15, 0.2) is 0 Å². The Kier molecular flexibility index (Phi) is 7.67. The van der Waals surface area contributed by atoms with Crippen LogP contribution in [0.15, 0.2) is 30.6 Å². The lowest BCUT2D eigenvalue weighted by Crippen LogP contribution is -2.31. The van der Waals surface area contributed by atoms with E-state index in [2.05, 4.69) is 24.9 Å². The van der Waals surface area contributed by atoms with Gasteiger partial charge in [-0.25, -0.2) is 18.4 Å². The Bertz CT molecular complexity index is 1290. The molecule has 4 atom stereocenters. The first-order valence-electron chi connectivity index (χ1n) is 11.4. The van der Waals surface area contributed by atoms with Crippen molar-refractivity contribution in [3.63, 3.8) is 0 Å². The predicted molar refractivity (Wildman–Crippen MR) is 135 cm³/mol. The third kappa shape index (κ3) is 5.11. The zero-order valence-electron chi connectivity index (χ0n) is 20.7. The maximum absolute atomic E-state index is 13.5. The molecule has 1 fully saturated rings. The van der Waals surface area contributed by atoms with Crippen molar-refractivity contribution in [2.75, 3.05) is 25.5 Å². The Morgan fingerprint density at radius 3 is 2.33 bits per heavy atom. The minimum Gasteiger partial charge on any atom is -0.494 e. The molecule has 0 radical (unpaired) electrons. The molecule has 11 nitrogen and oxygen atoms in total. The number of rotatable bonds is 9. The van der Waals surface area contributed by atoms with Crippen LogP contribution in [0.25, 0.3) is 5.69 Å². The number of halogens is 1. The van der Waals surface area contributed by atoms with Gasteiger partial charge in [0, 0.05) is 24.2 Å². The Hall–Kier alpha value is -2.96. The summed E-state index contributed by atoms with van der Waals surface area (Å²) in [4.78, 5) is 8.36. The number of nitrogens with zero attached hydrogens (tertiary/aromatic N) is 5. The van der Waals surface area contributed by atoms with Gasteiger partial charge in [0.25, 0.3) is 0 Å². The van der Waals surface area contributed by atoms with Crippen LogP contribution in [0, 0.1) is 0 Å². The molecule has 0 aliphatic carbocycles. The number of para-hydroxylation sites is 1. The number of methoxy groups -OCH3 is 2. The van der Waals surface area contributed by atoms with Crippen molar-refractivity contribution in [3.8, 4) is 17.2 Å². The SMILES string of the molecule is COc1cccc(OC)c1-n1c(NS(=O)(=O)C(C)C(C)c2ncc(Cl)cn2)nnc1[C@H]1CO[C@H](C)C1. The van der Waals surface area contributed by atoms with E-state index in [0.29, 0.717) is 46.9 Å². The minimum atomic E-state index is -3.96. The van der Waals surface area contributed by atoms with Gasteiger partial charge < -0.3 is 14.2 Å². The maximum atomic E-state index is 13.5. The summed E-state index contributed by atoms with van der Waals surface area (Å²) in [6.07, 6.45) is 3.63. The molecule has 1 aliphatic heterocycles. The van der Waals surface area contributed by atoms with Crippen LogP contribution in [-0.4, -0.2) is 65.3 Å². The normalized spacial score (nSPS) is 19.6. The number of hydrogen-bond acceptors (Lipinski definition) is 9. The molecular formula is C23H29ClN6O5S. The lowest BCUT2D eigenvalue weighted by molar-refractivity contribution is 0.123. The van der Waals surface area contributed by atoms with E-state index in [-0.39, 0.29) is 18.0 Å². The molecule has 1 aliphatic rings. The number of benzene rings is 1. The molecule has 4 rings (SSSR count). The monoisotopic (exact) mass is 536 g/mol. The Labute approximate surface area is 215 Å². The molecule has 36 heavy (non-hydrogen) atoms. The number of hydrogen-bond donors (Lipinski definition) is 1. The molecular weight excluding hydrogens is 508 g/mol. The van der Waals surface area contributed by atoms with Crippen LogP contribution in [-0.2, 0) is 14.8 Å². The van der Waals surface area contributed by atoms with Crippen molar-refractivity contribution >= 4 is 27.6 Å². The largest absolute Gasteiger partial charge is 0.494 e. The molecule has 2 aromatic heterocycles. The van der Waals surface area contributed by atoms with Crippen LogP contribution in [0.4, 0.5) is 5.95 Å².